The van der Waals surface area contributed by atoms with E-state index in [9.17, 15) is 0 Å². The summed E-state index contributed by atoms with van der Waals surface area (Å²) in [6.07, 6.45) is 7.43. The second kappa shape index (κ2) is 1.59. The average molecular weight is 109 g/mol. The lowest BCUT2D eigenvalue weighted by molar-refractivity contribution is 0.344. The van der Waals surface area contributed by atoms with E-state index in [4.69, 9.17) is 0 Å². The molecule has 1 heteroatoms. The first-order valence-electron chi connectivity index (χ1n) is 3.37. The molecule has 1 fully saturated rings. The Balaban J connectivity index is 2.13. The van der Waals surface area contributed by atoms with Gasteiger partial charge < -0.3 is 0 Å². The minimum Gasteiger partial charge on any atom is -0.293 e. The Hall–Kier alpha value is -0.300. The molecular formula is C7H11N. The molecular weight excluding hydrogens is 98.1 g/mol. The van der Waals surface area contributed by atoms with Gasteiger partial charge in [0.2, 0.25) is 0 Å². The van der Waals surface area contributed by atoms with Crippen LogP contribution < -0.4 is 0 Å². The first-order chi connectivity index (χ1) is 3.97. The SMILES string of the molecule is C1=CC2CCCN2C1. The van der Waals surface area contributed by atoms with Gasteiger partial charge in [-0.1, -0.05) is 12.2 Å². The fourth-order valence-corrected chi connectivity index (χ4v) is 1.65. The van der Waals surface area contributed by atoms with Crippen molar-refractivity contribution in [3.8, 4) is 0 Å². The molecule has 1 unspecified atom stereocenters. The van der Waals surface area contributed by atoms with Gasteiger partial charge in [-0.15, -0.1) is 0 Å². The molecule has 1 nitrogen and oxygen atoms in total. The third kappa shape index (κ3) is 0.511. The molecule has 0 spiro atoms. The van der Waals surface area contributed by atoms with Crippen LogP contribution in [0.4, 0.5) is 0 Å². The van der Waals surface area contributed by atoms with Gasteiger partial charge >= 0.3 is 0 Å². The molecule has 0 radical (unpaired) electrons. The maximum atomic E-state index is 2.53. The highest BCUT2D eigenvalue weighted by Crippen LogP contribution is 2.21. The Morgan fingerprint density at radius 3 is 3.38 bits per heavy atom. The Bertz CT molecular complexity index is 118. The molecule has 2 heterocycles. The summed E-state index contributed by atoms with van der Waals surface area (Å²) < 4.78 is 0. The van der Waals surface area contributed by atoms with Gasteiger partial charge in [-0.25, -0.2) is 0 Å². The molecule has 0 amide bonds. The molecule has 44 valence electrons. The normalized spacial score (nSPS) is 36.2. The fraction of sp³-hybridized carbons (Fsp3) is 0.714. The zero-order valence-corrected chi connectivity index (χ0v) is 5.01. The van der Waals surface area contributed by atoms with Crippen molar-refractivity contribution in [3.63, 3.8) is 0 Å². The van der Waals surface area contributed by atoms with Crippen molar-refractivity contribution < 1.29 is 0 Å². The summed E-state index contributed by atoms with van der Waals surface area (Å²) in [5.74, 6) is 0. The third-order valence-electron chi connectivity index (χ3n) is 2.11. The van der Waals surface area contributed by atoms with E-state index in [1.54, 1.807) is 0 Å². The minimum atomic E-state index is 0.829. The van der Waals surface area contributed by atoms with Crippen LogP contribution in [0.25, 0.3) is 0 Å². The van der Waals surface area contributed by atoms with Crippen LogP contribution in [0, 0.1) is 0 Å². The summed E-state index contributed by atoms with van der Waals surface area (Å²) in [4.78, 5) is 2.53. The summed E-state index contributed by atoms with van der Waals surface area (Å²) in [5, 5.41) is 0. The Kier molecular flexibility index (Phi) is 0.908. The largest absolute Gasteiger partial charge is 0.293 e. The smallest absolute Gasteiger partial charge is 0.0282 e. The van der Waals surface area contributed by atoms with Gasteiger partial charge in [0.25, 0.3) is 0 Å². The maximum Gasteiger partial charge on any atom is 0.0282 e. The van der Waals surface area contributed by atoms with Crippen LogP contribution in [0.5, 0.6) is 0 Å². The molecule has 0 aromatic heterocycles. The minimum absolute atomic E-state index is 0.829. The Morgan fingerprint density at radius 2 is 2.50 bits per heavy atom. The zero-order chi connectivity index (χ0) is 5.40. The first-order valence-corrected chi connectivity index (χ1v) is 3.37. The lowest BCUT2D eigenvalue weighted by atomic mass is 10.2. The van der Waals surface area contributed by atoms with Crippen molar-refractivity contribution in [2.24, 2.45) is 0 Å². The quantitative estimate of drug-likeness (QED) is 0.420. The van der Waals surface area contributed by atoms with Gasteiger partial charge in [0.15, 0.2) is 0 Å². The van der Waals surface area contributed by atoms with E-state index in [1.807, 2.05) is 0 Å². The average Bonchev–Trinajstić information content (AvgIpc) is 2.15. The number of fused-ring (bicyclic) bond motifs is 1. The predicted octanol–water partition coefficient (Wildman–Crippen LogP) is 1.02. The van der Waals surface area contributed by atoms with E-state index in [0.717, 1.165) is 6.04 Å². The fourth-order valence-electron chi connectivity index (χ4n) is 1.65. The second-order valence-electron chi connectivity index (χ2n) is 2.63. The molecule has 1 saturated heterocycles. The topological polar surface area (TPSA) is 3.24 Å². The van der Waals surface area contributed by atoms with E-state index in [2.05, 4.69) is 17.1 Å². The molecule has 0 bridgehead atoms. The first kappa shape index (κ1) is 4.57. The molecule has 0 N–H and O–H groups in total. The molecule has 1 atom stereocenters. The monoisotopic (exact) mass is 109 g/mol. The van der Waals surface area contributed by atoms with Crippen LogP contribution in [0.3, 0.4) is 0 Å². The van der Waals surface area contributed by atoms with Crippen LogP contribution >= 0.6 is 0 Å². The van der Waals surface area contributed by atoms with Crippen molar-refractivity contribution in [1.82, 2.24) is 4.90 Å². The zero-order valence-electron chi connectivity index (χ0n) is 5.01. The summed E-state index contributed by atoms with van der Waals surface area (Å²) >= 11 is 0. The molecule has 8 heavy (non-hydrogen) atoms. The predicted molar refractivity (Wildman–Crippen MR) is 33.7 cm³/mol. The molecule has 0 aromatic carbocycles. The summed E-state index contributed by atoms with van der Waals surface area (Å²) in [6.45, 7) is 2.54. The van der Waals surface area contributed by atoms with Crippen LogP contribution in [0.1, 0.15) is 12.8 Å². The summed E-state index contributed by atoms with van der Waals surface area (Å²) in [7, 11) is 0. The molecule has 2 rings (SSSR count). The number of rotatable bonds is 0. The van der Waals surface area contributed by atoms with Crippen molar-refractivity contribution in [3.05, 3.63) is 12.2 Å². The van der Waals surface area contributed by atoms with E-state index in [-0.39, 0.29) is 0 Å². The van der Waals surface area contributed by atoms with Crippen LogP contribution in [-0.2, 0) is 0 Å². The van der Waals surface area contributed by atoms with E-state index < -0.39 is 0 Å². The molecule has 0 aliphatic carbocycles. The molecule has 0 aromatic rings. The van der Waals surface area contributed by atoms with E-state index in [0.29, 0.717) is 0 Å². The highest BCUT2D eigenvalue weighted by atomic mass is 15.2. The van der Waals surface area contributed by atoms with E-state index in [1.165, 1.54) is 25.9 Å². The van der Waals surface area contributed by atoms with Crippen molar-refractivity contribution >= 4 is 0 Å². The van der Waals surface area contributed by atoms with E-state index >= 15 is 0 Å². The second-order valence-corrected chi connectivity index (χ2v) is 2.63. The van der Waals surface area contributed by atoms with Crippen LogP contribution in [0.15, 0.2) is 12.2 Å². The van der Waals surface area contributed by atoms with Gasteiger partial charge in [-0.3, -0.25) is 4.90 Å². The molecule has 2 aliphatic heterocycles. The van der Waals surface area contributed by atoms with Gasteiger partial charge in [-0.2, -0.15) is 0 Å². The van der Waals surface area contributed by atoms with Gasteiger partial charge in [0.1, 0.15) is 0 Å². The lowest BCUT2D eigenvalue weighted by Gasteiger charge is -2.12. The lowest BCUT2D eigenvalue weighted by Crippen LogP contribution is -2.22. The van der Waals surface area contributed by atoms with Crippen LogP contribution in [0.2, 0.25) is 0 Å². The molecule has 0 saturated carbocycles. The standard InChI is InChI=1S/C7H11N/c1-3-7-4-2-6-8(7)5-1/h1,3,7H,2,4-6H2. The van der Waals surface area contributed by atoms with Crippen molar-refractivity contribution in [1.29, 1.82) is 0 Å². The third-order valence-corrected chi connectivity index (χ3v) is 2.11. The Labute approximate surface area is 50.0 Å². The summed E-state index contributed by atoms with van der Waals surface area (Å²) in [6, 6.07) is 0.829. The van der Waals surface area contributed by atoms with Gasteiger partial charge in [0.05, 0.1) is 0 Å². The maximum absolute atomic E-state index is 2.53. The molecule has 2 aliphatic rings. The Morgan fingerprint density at radius 1 is 1.50 bits per heavy atom. The van der Waals surface area contributed by atoms with Crippen molar-refractivity contribution in [2.45, 2.75) is 18.9 Å². The van der Waals surface area contributed by atoms with Crippen molar-refractivity contribution in [2.75, 3.05) is 13.1 Å². The highest BCUT2D eigenvalue weighted by molar-refractivity contribution is 5.06. The number of hydrogen-bond donors (Lipinski definition) is 0. The number of hydrogen-bond acceptors (Lipinski definition) is 1. The highest BCUT2D eigenvalue weighted by Gasteiger charge is 2.23. The number of nitrogens with zero attached hydrogens (tertiary/aromatic N) is 1. The summed E-state index contributed by atoms with van der Waals surface area (Å²) in [5.41, 5.74) is 0. The van der Waals surface area contributed by atoms with Gasteiger partial charge in [0, 0.05) is 12.6 Å². The van der Waals surface area contributed by atoms with Crippen LogP contribution in [-0.4, -0.2) is 24.0 Å². The van der Waals surface area contributed by atoms with Gasteiger partial charge in [-0.05, 0) is 19.4 Å².